The SMILES string of the molecule is CSCCC(NS(=O)(=O)c1ccccc1)C(=O)NCC(C)(C)c1ccc(Br)cc1. The fraction of sp³-hybridized carbons (Fsp3) is 0.381. The van der Waals surface area contributed by atoms with Crippen LogP contribution in [-0.2, 0) is 20.2 Å². The summed E-state index contributed by atoms with van der Waals surface area (Å²) in [5.74, 6) is 0.356. The van der Waals surface area contributed by atoms with Gasteiger partial charge in [0.15, 0.2) is 0 Å². The monoisotopic (exact) mass is 498 g/mol. The van der Waals surface area contributed by atoms with Crippen molar-refractivity contribution in [2.24, 2.45) is 0 Å². The first-order valence-electron chi connectivity index (χ1n) is 9.26. The zero-order valence-electron chi connectivity index (χ0n) is 16.8. The molecular formula is C21H27BrN2O3S2. The molecule has 8 heteroatoms. The topological polar surface area (TPSA) is 75.3 Å². The van der Waals surface area contributed by atoms with E-state index in [4.69, 9.17) is 0 Å². The van der Waals surface area contributed by atoms with Crippen LogP contribution in [0, 0.1) is 0 Å². The largest absolute Gasteiger partial charge is 0.354 e. The van der Waals surface area contributed by atoms with E-state index in [1.54, 1.807) is 30.0 Å². The van der Waals surface area contributed by atoms with E-state index in [2.05, 4.69) is 26.0 Å². The lowest BCUT2D eigenvalue weighted by atomic mass is 9.84. The molecule has 1 atom stereocenters. The van der Waals surface area contributed by atoms with Gasteiger partial charge in [-0.1, -0.05) is 60.1 Å². The van der Waals surface area contributed by atoms with Crippen LogP contribution in [0.2, 0.25) is 0 Å². The number of amides is 1. The van der Waals surface area contributed by atoms with Crippen LogP contribution in [-0.4, -0.2) is 38.9 Å². The second kappa shape index (κ2) is 10.6. The molecule has 2 aromatic rings. The summed E-state index contributed by atoms with van der Waals surface area (Å²) >= 11 is 5.00. The highest BCUT2D eigenvalue weighted by Gasteiger charge is 2.27. The number of sulfonamides is 1. The quantitative estimate of drug-likeness (QED) is 0.519. The minimum absolute atomic E-state index is 0.150. The number of hydrogen-bond donors (Lipinski definition) is 2. The molecule has 2 rings (SSSR count). The number of hydrogen-bond acceptors (Lipinski definition) is 4. The second-order valence-electron chi connectivity index (χ2n) is 7.38. The van der Waals surface area contributed by atoms with Gasteiger partial charge in [-0.15, -0.1) is 0 Å². The third kappa shape index (κ3) is 7.13. The average molecular weight is 499 g/mol. The highest BCUT2D eigenvalue weighted by Crippen LogP contribution is 2.24. The molecule has 29 heavy (non-hydrogen) atoms. The summed E-state index contributed by atoms with van der Waals surface area (Å²) in [6.45, 7) is 4.49. The molecule has 0 radical (unpaired) electrons. The molecule has 0 bridgehead atoms. The Hall–Kier alpha value is -1.35. The van der Waals surface area contributed by atoms with Crippen molar-refractivity contribution >= 4 is 43.6 Å². The van der Waals surface area contributed by atoms with E-state index >= 15 is 0 Å². The maximum Gasteiger partial charge on any atom is 0.241 e. The van der Waals surface area contributed by atoms with Crippen LogP contribution in [0.15, 0.2) is 64.0 Å². The van der Waals surface area contributed by atoms with Gasteiger partial charge in [-0.25, -0.2) is 8.42 Å². The van der Waals surface area contributed by atoms with Crippen LogP contribution in [0.4, 0.5) is 0 Å². The molecule has 0 aliphatic heterocycles. The van der Waals surface area contributed by atoms with E-state index in [9.17, 15) is 13.2 Å². The van der Waals surface area contributed by atoms with Gasteiger partial charge in [-0.05, 0) is 48.3 Å². The number of thioether (sulfide) groups is 1. The number of carbonyl (C=O) groups is 1. The minimum atomic E-state index is -3.77. The van der Waals surface area contributed by atoms with Gasteiger partial charge in [0.1, 0.15) is 6.04 Å². The number of rotatable bonds is 10. The first-order valence-corrected chi connectivity index (χ1v) is 12.9. The number of carbonyl (C=O) groups excluding carboxylic acids is 1. The molecule has 2 aromatic carbocycles. The molecule has 1 unspecified atom stereocenters. The normalized spacial score (nSPS) is 13.1. The predicted octanol–water partition coefficient (Wildman–Crippen LogP) is 3.94. The van der Waals surface area contributed by atoms with Gasteiger partial charge in [0, 0.05) is 16.4 Å². The van der Waals surface area contributed by atoms with Gasteiger partial charge in [0.2, 0.25) is 15.9 Å². The van der Waals surface area contributed by atoms with Crippen molar-refractivity contribution in [1.82, 2.24) is 10.0 Å². The van der Waals surface area contributed by atoms with E-state index in [0.29, 0.717) is 18.7 Å². The van der Waals surface area contributed by atoms with Crippen LogP contribution in [0.25, 0.3) is 0 Å². The first-order chi connectivity index (χ1) is 13.7. The molecule has 2 N–H and O–H groups in total. The number of halogens is 1. The predicted molar refractivity (Wildman–Crippen MR) is 124 cm³/mol. The molecule has 0 heterocycles. The fourth-order valence-corrected chi connectivity index (χ4v) is 4.76. The standard InChI is InChI=1S/C21H27BrN2O3S2/c1-21(2,16-9-11-17(22)12-10-16)15-23-20(25)19(13-14-28-3)24-29(26,27)18-7-5-4-6-8-18/h4-12,19,24H,13-15H2,1-3H3,(H,23,25). The van der Waals surface area contributed by atoms with Crippen LogP contribution in [0.3, 0.4) is 0 Å². The Labute approximate surface area is 186 Å². The average Bonchev–Trinajstić information content (AvgIpc) is 2.70. The van der Waals surface area contributed by atoms with Crippen LogP contribution < -0.4 is 10.0 Å². The zero-order valence-corrected chi connectivity index (χ0v) is 20.0. The summed E-state index contributed by atoms with van der Waals surface area (Å²) in [5, 5.41) is 2.93. The number of benzene rings is 2. The van der Waals surface area contributed by atoms with Crippen molar-refractivity contribution in [2.75, 3.05) is 18.6 Å². The van der Waals surface area contributed by atoms with Crippen LogP contribution in [0.5, 0.6) is 0 Å². The summed E-state index contributed by atoms with van der Waals surface area (Å²) in [4.78, 5) is 13.0. The zero-order chi connectivity index (χ0) is 21.5. The molecular weight excluding hydrogens is 472 g/mol. The Morgan fingerprint density at radius 2 is 1.72 bits per heavy atom. The lowest BCUT2D eigenvalue weighted by Crippen LogP contribution is -2.49. The van der Waals surface area contributed by atoms with Gasteiger partial charge in [-0.3, -0.25) is 4.79 Å². The molecule has 0 spiro atoms. The Morgan fingerprint density at radius 3 is 2.31 bits per heavy atom. The third-order valence-electron chi connectivity index (χ3n) is 4.61. The summed E-state index contributed by atoms with van der Waals surface area (Å²) in [7, 11) is -3.77. The van der Waals surface area contributed by atoms with Gasteiger partial charge in [0.25, 0.3) is 0 Å². The summed E-state index contributed by atoms with van der Waals surface area (Å²) in [5.41, 5.74) is 0.796. The van der Waals surface area contributed by atoms with E-state index in [1.165, 1.54) is 12.1 Å². The molecule has 0 fully saturated rings. The van der Waals surface area contributed by atoms with Gasteiger partial charge < -0.3 is 5.32 Å². The Bertz CT molecular complexity index is 901. The lowest BCUT2D eigenvalue weighted by Gasteiger charge is -2.27. The number of nitrogens with one attached hydrogen (secondary N) is 2. The van der Waals surface area contributed by atoms with Crippen LogP contribution in [0.1, 0.15) is 25.8 Å². The Balaban J connectivity index is 2.09. The molecule has 0 aromatic heterocycles. The van der Waals surface area contributed by atoms with Crippen LogP contribution >= 0.6 is 27.7 Å². The molecule has 1 amide bonds. The minimum Gasteiger partial charge on any atom is -0.354 e. The van der Waals surface area contributed by atoms with Gasteiger partial charge in [0.05, 0.1) is 4.90 Å². The van der Waals surface area contributed by atoms with E-state index in [1.807, 2.05) is 44.4 Å². The Kier molecular flexibility index (Phi) is 8.75. The van der Waals surface area contributed by atoms with Gasteiger partial charge in [-0.2, -0.15) is 16.5 Å². The first kappa shape index (κ1) is 23.9. The smallest absolute Gasteiger partial charge is 0.241 e. The molecule has 0 saturated heterocycles. The molecule has 0 aliphatic rings. The summed E-state index contributed by atoms with van der Waals surface area (Å²) in [6, 6.07) is 15.2. The highest BCUT2D eigenvalue weighted by atomic mass is 79.9. The van der Waals surface area contributed by atoms with Crippen molar-refractivity contribution in [3.05, 3.63) is 64.6 Å². The maximum atomic E-state index is 12.8. The molecule has 0 aliphatic carbocycles. The highest BCUT2D eigenvalue weighted by molar-refractivity contribution is 9.10. The lowest BCUT2D eigenvalue weighted by molar-refractivity contribution is -0.123. The molecule has 5 nitrogen and oxygen atoms in total. The summed E-state index contributed by atoms with van der Waals surface area (Å²) < 4.78 is 28.9. The second-order valence-corrected chi connectivity index (χ2v) is 11.0. The Morgan fingerprint density at radius 1 is 1.10 bits per heavy atom. The van der Waals surface area contributed by atoms with Crippen molar-refractivity contribution < 1.29 is 13.2 Å². The molecule has 158 valence electrons. The van der Waals surface area contributed by atoms with Crippen molar-refractivity contribution in [3.8, 4) is 0 Å². The molecule has 0 saturated carbocycles. The van der Waals surface area contributed by atoms with Crippen molar-refractivity contribution in [2.45, 2.75) is 36.6 Å². The van der Waals surface area contributed by atoms with Gasteiger partial charge >= 0.3 is 0 Å². The van der Waals surface area contributed by atoms with E-state index in [-0.39, 0.29) is 16.2 Å². The van der Waals surface area contributed by atoms with E-state index in [0.717, 1.165) is 10.0 Å². The maximum absolute atomic E-state index is 12.8. The fourth-order valence-electron chi connectivity index (χ4n) is 2.77. The van der Waals surface area contributed by atoms with E-state index < -0.39 is 16.1 Å². The van der Waals surface area contributed by atoms with Crippen molar-refractivity contribution in [1.29, 1.82) is 0 Å². The summed E-state index contributed by atoms with van der Waals surface area (Å²) in [6.07, 6.45) is 2.34. The third-order valence-corrected chi connectivity index (χ3v) is 7.27. The van der Waals surface area contributed by atoms with Crippen molar-refractivity contribution in [3.63, 3.8) is 0 Å².